The maximum absolute atomic E-state index is 7.17. The SMILES string of the molecule is Cc1cc2c3c(c1)Oc1cc4c(cc1B3c1ccc(C(C)(C)C)cc1O2)c1cc2c(cc1c1cc3c(cc41)N1c4ccc(C(C)(C)C)cc4Oc4cc(C)cc(c41)O3)B1c3ccc(C(C)(C)C)cc3Oc3cc(C)cc(c31)O2. The topological polar surface area (TPSA) is 58.6 Å². The monoisotopic (exact) mass is 1020 g/mol. The maximum Gasteiger partial charge on any atom is 0.260 e. The fraction of sp³-hybridized carbons (Fsp3) is 0.217. The van der Waals surface area contributed by atoms with E-state index in [1.807, 2.05) is 0 Å². The van der Waals surface area contributed by atoms with Gasteiger partial charge in [0.25, 0.3) is 13.4 Å². The molecule has 7 nitrogen and oxygen atoms in total. The fourth-order valence-electron chi connectivity index (χ4n) is 13.4. The van der Waals surface area contributed by atoms with Crippen LogP contribution in [0.1, 0.15) is 95.7 Å². The van der Waals surface area contributed by atoms with Gasteiger partial charge in [-0.3, -0.25) is 4.90 Å². The second-order valence-corrected chi connectivity index (χ2v) is 25.9. The summed E-state index contributed by atoms with van der Waals surface area (Å²) in [6.45, 7) is 26.3. The van der Waals surface area contributed by atoms with Crippen molar-refractivity contribution in [3.63, 3.8) is 0 Å². The Hall–Kier alpha value is -8.29. The predicted octanol–water partition coefficient (Wildman–Crippen LogP) is 15.1. The minimum absolute atomic E-state index is 0.0598. The van der Waals surface area contributed by atoms with Crippen molar-refractivity contribution in [1.82, 2.24) is 0 Å². The van der Waals surface area contributed by atoms with E-state index in [9.17, 15) is 0 Å². The first-order chi connectivity index (χ1) is 37.2. The molecule has 0 spiro atoms. The van der Waals surface area contributed by atoms with Crippen molar-refractivity contribution in [2.75, 3.05) is 4.90 Å². The van der Waals surface area contributed by atoms with Crippen LogP contribution in [0.4, 0.5) is 17.1 Å². The summed E-state index contributed by atoms with van der Waals surface area (Å²) in [7, 11) is 0. The molecule has 0 saturated heterocycles. The average molecular weight is 1020 g/mol. The number of aryl methyl sites for hydroxylation is 3. The molecule has 0 aliphatic carbocycles. The van der Waals surface area contributed by atoms with E-state index in [0.717, 1.165) is 168 Å². The van der Waals surface area contributed by atoms with Crippen LogP contribution in [0.5, 0.6) is 69.0 Å². The van der Waals surface area contributed by atoms with Crippen molar-refractivity contribution in [3.05, 3.63) is 161 Å². The molecule has 0 saturated carbocycles. The molecule has 0 amide bonds. The number of rotatable bonds is 0. The Labute approximate surface area is 455 Å². The molecular formula is C69H57B2NO6. The second kappa shape index (κ2) is 15.0. The van der Waals surface area contributed by atoms with Crippen LogP contribution in [0.3, 0.4) is 0 Å². The van der Waals surface area contributed by atoms with E-state index in [0.29, 0.717) is 0 Å². The highest BCUT2D eigenvalue weighted by Gasteiger charge is 2.44. The van der Waals surface area contributed by atoms with E-state index in [2.05, 4.69) is 215 Å². The van der Waals surface area contributed by atoms with Gasteiger partial charge in [0.2, 0.25) is 0 Å². The standard InChI is InChI=1S/C69H57B2NO6/c1-34-19-58-64-60(21-34)75-54-31-43-40-28-48-55(76-61-22-35(2)20-59-65(61)70(48)46-16-13-37(67(4,5)6)25-52(46)73-59)32-44(40)42-30-51-57(33-45(42)41(43)29-49(54)71(64)47-17-14-38(68(7,8)9)26-53(47)74-58)78-63-24-36(3)23-62-66(63)72(51)50-18-15-39(69(10,11)12)27-56(50)77-62/h13-33H,1-12H3. The van der Waals surface area contributed by atoms with Crippen molar-refractivity contribution in [1.29, 1.82) is 0 Å². The van der Waals surface area contributed by atoms with Gasteiger partial charge in [0, 0.05) is 10.9 Å². The Morgan fingerprint density at radius 3 is 1.04 bits per heavy atom. The lowest BCUT2D eigenvalue weighted by Gasteiger charge is -2.39. The van der Waals surface area contributed by atoms with Gasteiger partial charge in [-0.2, -0.15) is 0 Å². The van der Waals surface area contributed by atoms with E-state index >= 15 is 0 Å². The quantitative estimate of drug-likeness (QED) is 0.111. The molecular weight excluding hydrogens is 960 g/mol. The Morgan fingerprint density at radius 2 is 0.615 bits per heavy atom. The van der Waals surface area contributed by atoms with Crippen molar-refractivity contribution >= 4 is 95.6 Å². The maximum atomic E-state index is 7.17. The first-order valence-corrected chi connectivity index (χ1v) is 27.5. The van der Waals surface area contributed by atoms with Crippen LogP contribution in [0.25, 0.3) is 32.3 Å². The lowest BCUT2D eigenvalue weighted by molar-refractivity contribution is 0.444. The predicted molar refractivity (Wildman–Crippen MR) is 319 cm³/mol. The molecule has 10 aromatic carbocycles. The number of anilines is 3. The molecule has 78 heavy (non-hydrogen) atoms. The van der Waals surface area contributed by atoms with Crippen LogP contribution in [0, 0.1) is 20.8 Å². The van der Waals surface area contributed by atoms with Gasteiger partial charge in [-0.1, -0.05) is 105 Å². The number of hydrogen-bond donors (Lipinski definition) is 0. The highest BCUT2D eigenvalue weighted by molar-refractivity contribution is 6.99. The van der Waals surface area contributed by atoms with E-state index in [4.69, 9.17) is 28.4 Å². The van der Waals surface area contributed by atoms with Gasteiger partial charge in [0.15, 0.2) is 23.0 Å². The molecule has 0 bridgehead atoms. The Kier molecular flexibility index (Phi) is 8.84. The molecule has 0 unspecified atom stereocenters. The minimum Gasteiger partial charge on any atom is -0.458 e. The largest absolute Gasteiger partial charge is 0.458 e. The average Bonchev–Trinajstić information content (AvgIpc) is 2.93. The Morgan fingerprint density at radius 1 is 0.295 bits per heavy atom. The number of hydrogen-bond acceptors (Lipinski definition) is 7. The molecule has 0 atom stereocenters. The molecule has 0 fully saturated rings. The van der Waals surface area contributed by atoms with Gasteiger partial charge in [0.1, 0.15) is 51.7 Å². The molecule has 0 N–H and O–H groups in total. The number of fused-ring (bicyclic) bond motifs is 18. The van der Waals surface area contributed by atoms with Crippen LogP contribution in [-0.4, -0.2) is 13.4 Å². The van der Waals surface area contributed by atoms with Crippen molar-refractivity contribution < 1.29 is 28.4 Å². The van der Waals surface area contributed by atoms with Crippen LogP contribution in [0.15, 0.2) is 127 Å². The zero-order valence-electron chi connectivity index (χ0n) is 46.2. The van der Waals surface area contributed by atoms with Gasteiger partial charge >= 0.3 is 0 Å². The number of nitrogens with zero attached hydrogens (tertiary/aromatic N) is 1. The van der Waals surface area contributed by atoms with E-state index in [-0.39, 0.29) is 29.7 Å². The molecule has 380 valence electrons. The molecule has 6 aliphatic heterocycles. The van der Waals surface area contributed by atoms with Crippen molar-refractivity contribution in [2.45, 2.75) is 99.3 Å². The lowest BCUT2D eigenvalue weighted by Crippen LogP contribution is -2.57. The van der Waals surface area contributed by atoms with Gasteiger partial charge in [0.05, 0.1) is 11.4 Å². The van der Waals surface area contributed by atoms with Gasteiger partial charge in [-0.05, 0) is 209 Å². The summed E-state index contributed by atoms with van der Waals surface area (Å²) < 4.78 is 42.1. The van der Waals surface area contributed by atoms with Crippen LogP contribution >= 0.6 is 0 Å². The normalized spacial score (nSPS) is 14.7. The summed E-state index contributed by atoms with van der Waals surface area (Å²) in [5.74, 6) is 9.87. The van der Waals surface area contributed by atoms with Crippen molar-refractivity contribution in [3.8, 4) is 69.0 Å². The van der Waals surface area contributed by atoms with Crippen LogP contribution in [-0.2, 0) is 16.2 Å². The Balaban J connectivity index is 1.000. The fourth-order valence-corrected chi connectivity index (χ4v) is 13.4. The molecule has 10 aromatic rings. The summed E-state index contributed by atoms with van der Waals surface area (Å²) in [4.78, 5) is 2.36. The van der Waals surface area contributed by atoms with Gasteiger partial charge in [-0.25, -0.2) is 0 Å². The van der Waals surface area contributed by atoms with Gasteiger partial charge in [-0.15, -0.1) is 0 Å². The molecule has 6 aliphatic rings. The lowest BCUT2D eigenvalue weighted by atomic mass is 9.34. The summed E-state index contributed by atoms with van der Waals surface area (Å²) in [6.07, 6.45) is 0. The first-order valence-electron chi connectivity index (χ1n) is 27.5. The highest BCUT2D eigenvalue weighted by Crippen LogP contribution is 2.61. The highest BCUT2D eigenvalue weighted by atomic mass is 16.5. The van der Waals surface area contributed by atoms with Crippen LogP contribution < -0.4 is 66.1 Å². The zero-order chi connectivity index (χ0) is 53.4. The summed E-state index contributed by atoms with van der Waals surface area (Å²) in [6, 6.07) is 47.2. The third-order valence-corrected chi connectivity index (χ3v) is 17.4. The van der Waals surface area contributed by atoms with E-state index in [1.54, 1.807) is 0 Å². The molecule has 0 aromatic heterocycles. The van der Waals surface area contributed by atoms with E-state index < -0.39 is 0 Å². The molecule has 16 rings (SSSR count). The zero-order valence-corrected chi connectivity index (χ0v) is 46.2. The van der Waals surface area contributed by atoms with Crippen LogP contribution in [0.2, 0.25) is 0 Å². The smallest absolute Gasteiger partial charge is 0.260 e. The number of benzene rings is 10. The number of ether oxygens (including phenoxy) is 6. The summed E-state index contributed by atoms with van der Waals surface area (Å²) in [5, 5.41) is 6.50. The summed E-state index contributed by atoms with van der Waals surface area (Å²) in [5.41, 5.74) is 16.0. The molecule has 6 heterocycles. The molecule has 9 heteroatoms. The Bertz CT molecular complexity index is 3980. The third-order valence-electron chi connectivity index (χ3n) is 17.4. The second-order valence-electron chi connectivity index (χ2n) is 25.9. The van der Waals surface area contributed by atoms with Gasteiger partial charge < -0.3 is 28.4 Å². The van der Waals surface area contributed by atoms with E-state index in [1.165, 1.54) is 16.7 Å². The molecule has 0 radical (unpaired) electrons. The third kappa shape index (κ3) is 6.42. The summed E-state index contributed by atoms with van der Waals surface area (Å²) >= 11 is 0. The minimum atomic E-state index is -0.135. The van der Waals surface area contributed by atoms with Crippen molar-refractivity contribution in [2.24, 2.45) is 0 Å². The first kappa shape index (κ1) is 45.9.